The molecule has 0 saturated carbocycles. The molecule has 31 heavy (non-hydrogen) atoms. The first-order valence-electron chi connectivity index (χ1n) is 10.6. The third-order valence-electron chi connectivity index (χ3n) is 5.94. The predicted molar refractivity (Wildman–Crippen MR) is 122 cm³/mol. The third kappa shape index (κ3) is 5.17. The Kier molecular flexibility index (Phi) is 6.88. The van der Waals surface area contributed by atoms with Gasteiger partial charge in [0.2, 0.25) is 10.0 Å². The molecule has 0 radical (unpaired) electrons. The molecule has 2 unspecified atom stereocenters. The molecule has 0 bridgehead atoms. The van der Waals surface area contributed by atoms with Gasteiger partial charge < -0.3 is 9.64 Å². The van der Waals surface area contributed by atoms with E-state index >= 15 is 0 Å². The predicted octanol–water partition coefficient (Wildman–Crippen LogP) is 3.65. The zero-order valence-corrected chi connectivity index (χ0v) is 20.0. The summed E-state index contributed by atoms with van der Waals surface area (Å²) in [6.45, 7) is 12.7. The van der Waals surface area contributed by atoms with Gasteiger partial charge in [-0.3, -0.25) is 4.79 Å². The standard InChI is InChI=1S/C24H32N2O4S/c1-15-11-16(2)20(6)23(19(15)5)31(28,29)25-12-21-7-9-22(10-8-21)24(27)26-13-17(3)30-18(4)14-26/h7-11,17-18,25H,12-14H2,1-6H3. The lowest BCUT2D eigenvalue weighted by Gasteiger charge is -2.35. The molecule has 1 amide bonds. The fourth-order valence-corrected chi connectivity index (χ4v) is 5.75. The van der Waals surface area contributed by atoms with Gasteiger partial charge in [-0.25, -0.2) is 13.1 Å². The van der Waals surface area contributed by atoms with E-state index in [9.17, 15) is 13.2 Å². The zero-order valence-electron chi connectivity index (χ0n) is 19.2. The van der Waals surface area contributed by atoms with Crippen LogP contribution in [-0.4, -0.2) is 44.5 Å². The van der Waals surface area contributed by atoms with E-state index in [1.54, 1.807) is 24.3 Å². The molecule has 168 valence electrons. The number of rotatable bonds is 5. The number of carbonyl (C=O) groups is 1. The highest BCUT2D eigenvalue weighted by Gasteiger charge is 2.26. The molecule has 2 aromatic rings. The second-order valence-corrected chi connectivity index (χ2v) is 10.3. The van der Waals surface area contributed by atoms with Crippen molar-refractivity contribution in [2.45, 2.75) is 65.2 Å². The number of ether oxygens (including phenoxy) is 1. The van der Waals surface area contributed by atoms with Crippen LogP contribution in [0, 0.1) is 27.7 Å². The summed E-state index contributed by atoms with van der Waals surface area (Å²) >= 11 is 0. The van der Waals surface area contributed by atoms with Crippen molar-refractivity contribution in [1.29, 1.82) is 0 Å². The highest BCUT2D eigenvalue weighted by Crippen LogP contribution is 2.26. The Bertz CT molecular complexity index is 1040. The molecule has 1 aliphatic rings. The molecular formula is C24H32N2O4S. The molecule has 0 aliphatic carbocycles. The van der Waals surface area contributed by atoms with Crippen LogP contribution in [0.3, 0.4) is 0 Å². The molecule has 2 atom stereocenters. The van der Waals surface area contributed by atoms with Crippen LogP contribution in [-0.2, 0) is 21.3 Å². The van der Waals surface area contributed by atoms with Gasteiger partial charge in [0.05, 0.1) is 17.1 Å². The lowest BCUT2D eigenvalue weighted by molar-refractivity contribution is -0.0586. The van der Waals surface area contributed by atoms with Crippen LogP contribution in [0.5, 0.6) is 0 Å². The lowest BCUT2D eigenvalue weighted by Crippen LogP contribution is -2.48. The summed E-state index contributed by atoms with van der Waals surface area (Å²) in [5, 5.41) is 0. The smallest absolute Gasteiger partial charge is 0.254 e. The summed E-state index contributed by atoms with van der Waals surface area (Å²) < 4.78 is 34.4. The lowest BCUT2D eigenvalue weighted by atomic mass is 10.0. The number of carbonyl (C=O) groups excluding carboxylic acids is 1. The van der Waals surface area contributed by atoms with Gasteiger partial charge in [0, 0.05) is 25.2 Å². The summed E-state index contributed by atoms with van der Waals surface area (Å²) in [5.74, 6) is -0.0318. The fraction of sp³-hybridized carbons (Fsp3) is 0.458. The van der Waals surface area contributed by atoms with Gasteiger partial charge in [-0.2, -0.15) is 0 Å². The van der Waals surface area contributed by atoms with Crippen LogP contribution in [0.1, 0.15) is 52.0 Å². The van der Waals surface area contributed by atoms with Crippen molar-refractivity contribution < 1.29 is 17.9 Å². The average molecular weight is 445 g/mol. The van der Waals surface area contributed by atoms with Crippen LogP contribution in [0.25, 0.3) is 0 Å². The van der Waals surface area contributed by atoms with E-state index in [0.717, 1.165) is 27.8 Å². The van der Waals surface area contributed by atoms with Gasteiger partial charge in [-0.05, 0) is 81.5 Å². The second-order valence-electron chi connectivity index (χ2n) is 8.58. The van der Waals surface area contributed by atoms with E-state index in [1.807, 2.05) is 52.5 Å². The second kappa shape index (κ2) is 9.10. The minimum atomic E-state index is -3.66. The number of hydrogen-bond acceptors (Lipinski definition) is 4. The number of benzene rings is 2. The van der Waals surface area contributed by atoms with Gasteiger partial charge in [0.1, 0.15) is 0 Å². The molecule has 1 heterocycles. The number of amides is 1. The van der Waals surface area contributed by atoms with Gasteiger partial charge in [-0.15, -0.1) is 0 Å². The van der Waals surface area contributed by atoms with E-state index < -0.39 is 10.0 Å². The summed E-state index contributed by atoms with van der Waals surface area (Å²) in [4.78, 5) is 15.0. The molecule has 0 aromatic heterocycles. The van der Waals surface area contributed by atoms with E-state index in [1.165, 1.54) is 0 Å². The Hall–Kier alpha value is -2.22. The SMILES string of the molecule is Cc1cc(C)c(C)c(S(=O)(=O)NCc2ccc(C(=O)N3CC(C)OC(C)C3)cc2)c1C. The molecule has 3 rings (SSSR count). The maximum Gasteiger partial charge on any atom is 0.254 e. The molecule has 1 fully saturated rings. The number of hydrogen-bond donors (Lipinski definition) is 1. The average Bonchev–Trinajstić information content (AvgIpc) is 2.70. The highest BCUT2D eigenvalue weighted by molar-refractivity contribution is 7.89. The number of sulfonamides is 1. The highest BCUT2D eigenvalue weighted by atomic mass is 32.2. The van der Waals surface area contributed by atoms with Crippen LogP contribution in [0.4, 0.5) is 0 Å². The number of nitrogens with one attached hydrogen (secondary N) is 1. The molecule has 2 aromatic carbocycles. The molecular weight excluding hydrogens is 412 g/mol. The van der Waals surface area contributed by atoms with Crippen LogP contribution < -0.4 is 4.72 Å². The molecule has 6 nitrogen and oxygen atoms in total. The molecule has 7 heteroatoms. The normalized spacial score (nSPS) is 19.5. The Morgan fingerprint density at radius 2 is 1.52 bits per heavy atom. The monoisotopic (exact) mass is 444 g/mol. The molecule has 1 N–H and O–H groups in total. The molecule has 1 saturated heterocycles. The zero-order chi connectivity index (χ0) is 22.9. The van der Waals surface area contributed by atoms with Gasteiger partial charge in [0.25, 0.3) is 5.91 Å². The van der Waals surface area contributed by atoms with E-state index in [4.69, 9.17) is 4.74 Å². The largest absolute Gasteiger partial charge is 0.372 e. The van der Waals surface area contributed by atoms with Gasteiger partial charge >= 0.3 is 0 Å². The summed E-state index contributed by atoms with van der Waals surface area (Å²) in [6, 6.07) is 9.11. The van der Waals surface area contributed by atoms with E-state index in [0.29, 0.717) is 23.5 Å². The minimum absolute atomic E-state index is 0.0125. The first-order valence-corrected chi connectivity index (χ1v) is 12.1. The van der Waals surface area contributed by atoms with Crippen molar-refractivity contribution in [3.05, 3.63) is 63.7 Å². The Balaban J connectivity index is 1.72. The summed E-state index contributed by atoms with van der Waals surface area (Å²) in [6.07, 6.45) is 0.0251. The Labute approximate surface area is 185 Å². The van der Waals surface area contributed by atoms with Crippen molar-refractivity contribution >= 4 is 15.9 Å². The first kappa shape index (κ1) is 23.4. The van der Waals surface area contributed by atoms with Crippen molar-refractivity contribution in [1.82, 2.24) is 9.62 Å². The van der Waals surface area contributed by atoms with Crippen LogP contribution in [0.2, 0.25) is 0 Å². The number of aryl methyl sites for hydroxylation is 2. The van der Waals surface area contributed by atoms with Crippen molar-refractivity contribution in [2.24, 2.45) is 0 Å². The van der Waals surface area contributed by atoms with Crippen LogP contribution in [0.15, 0.2) is 35.2 Å². The Morgan fingerprint density at radius 3 is 2.03 bits per heavy atom. The van der Waals surface area contributed by atoms with Crippen molar-refractivity contribution in [3.8, 4) is 0 Å². The Morgan fingerprint density at radius 1 is 1.00 bits per heavy atom. The first-order chi connectivity index (χ1) is 14.5. The quantitative estimate of drug-likeness (QED) is 0.764. The molecule has 1 aliphatic heterocycles. The van der Waals surface area contributed by atoms with Gasteiger partial charge in [-0.1, -0.05) is 18.2 Å². The van der Waals surface area contributed by atoms with Gasteiger partial charge in [0.15, 0.2) is 0 Å². The summed E-state index contributed by atoms with van der Waals surface area (Å²) in [5.41, 5.74) is 4.84. The molecule has 0 spiro atoms. The maximum absolute atomic E-state index is 13.0. The topological polar surface area (TPSA) is 75.7 Å². The van der Waals surface area contributed by atoms with Crippen molar-refractivity contribution in [2.75, 3.05) is 13.1 Å². The van der Waals surface area contributed by atoms with E-state index in [2.05, 4.69) is 4.72 Å². The summed E-state index contributed by atoms with van der Waals surface area (Å²) in [7, 11) is -3.66. The fourth-order valence-electron chi connectivity index (χ4n) is 4.13. The minimum Gasteiger partial charge on any atom is -0.372 e. The third-order valence-corrected chi connectivity index (χ3v) is 7.61. The van der Waals surface area contributed by atoms with Crippen molar-refractivity contribution in [3.63, 3.8) is 0 Å². The van der Waals surface area contributed by atoms with Crippen LogP contribution >= 0.6 is 0 Å². The number of nitrogens with zero attached hydrogens (tertiary/aromatic N) is 1. The van der Waals surface area contributed by atoms with E-state index in [-0.39, 0.29) is 24.7 Å². The number of morpholine rings is 1. The maximum atomic E-state index is 13.0.